The van der Waals surface area contributed by atoms with Crippen molar-refractivity contribution in [3.8, 4) is 0 Å². The van der Waals surface area contributed by atoms with Crippen LogP contribution in [0.4, 0.5) is 4.39 Å². The van der Waals surface area contributed by atoms with E-state index in [1.807, 2.05) is 24.5 Å². The third-order valence-corrected chi connectivity index (χ3v) is 4.60. The molecular formula is C21H19FN2O8-4. The molecule has 11 heteroatoms. The first-order valence-electron chi connectivity index (χ1n) is 9.12. The van der Waals surface area contributed by atoms with Crippen LogP contribution in [0.25, 0.3) is 0 Å². The summed E-state index contributed by atoms with van der Waals surface area (Å²) >= 11 is 0. The van der Waals surface area contributed by atoms with Gasteiger partial charge < -0.3 is 44.9 Å². The fraction of sp³-hybridized carbons (Fsp3) is 0.286. The number of benzene rings is 1. The first-order valence-corrected chi connectivity index (χ1v) is 9.12. The third-order valence-electron chi connectivity index (χ3n) is 4.60. The van der Waals surface area contributed by atoms with Crippen molar-refractivity contribution in [2.24, 2.45) is 0 Å². The van der Waals surface area contributed by atoms with Crippen molar-refractivity contribution in [3.05, 3.63) is 65.7 Å². The van der Waals surface area contributed by atoms with E-state index in [4.69, 9.17) is 39.6 Å². The second kappa shape index (κ2) is 11.5. The quantitative estimate of drug-likeness (QED) is 0.460. The number of hydrogen-bond acceptors (Lipinski definition) is 10. The summed E-state index contributed by atoms with van der Waals surface area (Å²) in [6.07, 6.45) is 4.70. The number of pyridine rings is 1. The molecule has 1 aromatic carbocycles. The normalized spacial score (nSPS) is 18.2. The van der Waals surface area contributed by atoms with Crippen LogP contribution < -0.4 is 25.7 Å². The van der Waals surface area contributed by atoms with E-state index in [1.54, 1.807) is 0 Å². The van der Waals surface area contributed by atoms with Gasteiger partial charge in [0.2, 0.25) is 0 Å². The van der Waals surface area contributed by atoms with Gasteiger partial charge >= 0.3 is 0 Å². The molecule has 0 aliphatic carbocycles. The van der Waals surface area contributed by atoms with E-state index in [-0.39, 0.29) is 17.4 Å². The molecule has 0 saturated carbocycles. The monoisotopic (exact) mass is 446 g/mol. The Bertz CT molecular complexity index is 900. The summed E-state index contributed by atoms with van der Waals surface area (Å²) < 4.78 is 13.0. The molecule has 3 rings (SSSR count). The molecule has 32 heavy (non-hydrogen) atoms. The molecule has 0 bridgehead atoms. The van der Waals surface area contributed by atoms with Gasteiger partial charge in [0, 0.05) is 29.9 Å². The molecule has 0 radical (unpaired) electrons. The number of nitrogens with one attached hydrogen (secondary N) is 1. The molecular weight excluding hydrogens is 427 g/mol. The van der Waals surface area contributed by atoms with E-state index in [2.05, 4.69) is 36.3 Å². The van der Waals surface area contributed by atoms with E-state index in [0.29, 0.717) is 5.92 Å². The Morgan fingerprint density at radius 1 is 0.844 bits per heavy atom. The maximum Gasteiger partial charge on any atom is 0.123 e. The Hall–Kier alpha value is -3.86. The minimum absolute atomic E-state index is 0.0143. The molecule has 2 heterocycles. The summed E-state index contributed by atoms with van der Waals surface area (Å²) in [4.78, 5) is 39.8. The lowest BCUT2D eigenvalue weighted by atomic mass is 9.83. The van der Waals surface area contributed by atoms with Gasteiger partial charge in [-0.05, 0) is 55.7 Å². The van der Waals surface area contributed by atoms with Gasteiger partial charge in [-0.25, -0.2) is 4.39 Å². The minimum atomic E-state index is -2.19. The van der Waals surface area contributed by atoms with Crippen LogP contribution in [0.1, 0.15) is 43.4 Å². The molecule has 10 nitrogen and oxygen atoms in total. The van der Waals surface area contributed by atoms with Crippen molar-refractivity contribution >= 4 is 23.9 Å². The highest BCUT2D eigenvalue weighted by atomic mass is 19.1. The summed E-state index contributed by atoms with van der Waals surface area (Å²) in [6.45, 7) is 4.45. The number of hydrogen-bond donors (Lipinski definition) is 1. The van der Waals surface area contributed by atoms with E-state index in [0.717, 1.165) is 12.0 Å². The second-order valence-corrected chi connectivity index (χ2v) is 7.19. The van der Waals surface area contributed by atoms with Gasteiger partial charge in [0.15, 0.2) is 0 Å². The van der Waals surface area contributed by atoms with E-state index < -0.39 is 23.9 Å². The van der Waals surface area contributed by atoms with Crippen molar-refractivity contribution in [1.29, 1.82) is 0 Å². The number of carbonyl (C=O) groups excluding carboxylic acids is 4. The smallest absolute Gasteiger partial charge is 0.123 e. The van der Waals surface area contributed by atoms with Crippen molar-refractivity contribution in [3.63, 3.8) is 0 Å². The number of rotatable bonds is 2. The van der Waals surface area contributed by atoms with Gasteiger partial charge in [0.25, 0.3) is 0 Å². The zero-order valence-corrected chi connectivity index (χ0v) is 17.1. The summed E-state index contributed by atoms with van der Waals surface area (Å²) in [6, 6.07) is 11.2. The lowest BCUT2D eigenvalue weighted by Crippen LogP contribution is -2.42. The van der Waals surface area contributed by atoms with Crippen LogP contribution in [0.3, 0.4) is 0 Å². The number of carboxylic acids is 4. The SMILES string of the molecule is CC1(C)NC(c2ccc(F)cc2)CC1c1ccncc1.O=C([O-])C(=O)[O-].O=C([O-])C(=O)[O-]. The largest absolute Gasteiger partial charge is 0.543 e. The summed E-state index contributed by atoms with van der Waals surface area (Å²) in [5, 5.41) is 39.4. The molecule has 2 aromatic rings. The van der Waals surface area contributed by atoms with Crippen molar-refractivity contribution in [2.75, 3.05) is 0 Å². The fourth-order valence-electron chi connectivity index (χ4n) is 3.20. The standard InChI is InChI=1S/C17H19FN2.2C2H2O4/c1-17(2)15(12-7-9-19-10-8-12)11-16(20-17)13-3-5-14(18)6-4-13;2*3-1(4)2(5)6/h3-10,15-16,20H,11H2,1-2H3;2*(H,3,4)(H,5,6)/p-4. The van der Waals surface area contributed by atoms with Crippen LogP contribution in [0.5, 0.6) is 0 Å². The fourth-order valence-corrected chi connectivity index (χ4v) is 3.20. The number of carbonyl (C=O) groups is 4. The van der Waals surface area contributed by atoms with Gasteiger partial charge in [-0.2, -0.15) is 0 Å². The highest BCUT2D eigenvalue weighted by molar-refractivity contribution is 6.25. The Labute approximate surface area is 182 Å². The number of carboxylic acid groups (broad SMARTS) is 4. The van der Waals surface area contributed by atoms with Crippen LogP contribution in [-0.4, -0.2) is 34.4 Å². The molecule has 0 amide bonds. The predicted octanol–water partition coefficient (Wildman–Crippen LogP) is -3.21. The highest BCUT2D eigenvalue weighted by Crippen LogP contribution is 2.43. The predicted molar refractivity (Wildman–Crippen MR) is 98.0 cm³/mol. The lowest BCUT2D eigenvalue weighted by molar-refractivity contribution is -0.345. The molecule has 1 aliphatic heterocycles. The average molecular weight is 446 g/mol. The Kier molecular flexibility index (Phi) is 9.41. The molecule has 0 spiro atoms. The highest BCUT2D eigenvalue weighted by Gasteiger charge is 2.40. The first-order chi connectivity index (χ1) is 14.8. The minimum Gasteiger partial charge on any atom is -0.543 e. The van der Waals surface area contributed by atoms with Crippen LogP contribution in [0.15, 0.2) is 48.8 Å². The van der Waals surface area contributed by atoms with Gasteiger partial charge in [-0.3, -0.25) is 4.98 Å². The molecule has 1 fully saturated rings. The van der Waals surface area contributed by atoms with Crippen molar-refractivity contribution < 1.29 is 44.0 Å². The van der Waals surface area contributed by atoms with Gasteiger partial charge in [0.1, 0.15) is 5.82 Å². The molecule has 1 N–H and O–H groups in total. The van der Waals surface area contributed by atoms with Crippen molar-refractivity contribution in [2.45, 2.75) is 37.8 Å². The van der Waals surface area contributed by atoms with E-state index >= 15 is 0 Å². The average Bonchev–Trinajstić information content (AvgIpc) is 3.05. The number of halogens is 1. The Morgan fingerprint density at radius 3 is 1.69 bits per heavy atom. The van der Waals surface area contributed by atoms with Crippen molar-refractivity contribution in [1.82, 2.24) is 10.3 Å². The molecule has 1 aromatic heterocycles. The molecule has 172 valence electrons. The summed E-state index contributed by atoms with van der Waals surface area (Å²) in [5.74, 6) is -8.49. The number of aromatic nitrogens is 1. The van der Waals surface area contributed by atoms with Crippen LogP contribution >= 0.6 is 0 Å². The van der Waals surface area contributed by atoms with Gasteiger partial charge in [0.05, 0.1) is 23.9 Å². The van der Waals surface area contributed by atoms with Crippen LogP contribution in [0, 0.1) is 5.82 Å². The van der Waals surface area contributed by atoms with E-state index in [1.165, 1.54) is 17.7 Å². The van der Waals surface area contributed by atoms with Gasteiger partial charge in [-0.1, -0.05) is 12.1 Å². The lowest BCUT2D eigenvalue weighted by Gasteiger charge is -2.27. The van der Waals surface area contributed by atoms with Crippen LogP contribution in [0.2, 0.25) is 0 Å². The topological polar surface area (TPSA) is 185 Å². The molecule has 1 saturated heterocycles. The molecule has 1 aliphatic rings. The number of nitrogens with zero attached hydrogens (tertiary/aromatic N) is 1. The maximum atomic E-state index is 13.0. The second-order valence-electron chi connectivity index (χ2n) is 7.19. The zero-order valence-electron chi connectivity index (χ0n) is 17.1. The summed E-state index contributed by atoms with van der Waals surface area (Å²) in [7, 11) is 0. The Morgan fingerprint density at radius 2 is 1.28 bits per heavy atom. The Balaban J connectivity index is 0.000000355. The number of aliphatic carboxylic acids is 4. The first kappa shape index (κ1) is 26.2. The molecule has 2 atom stereocenters. The van der Waals surface area contributed by atoms with Crippen LogP contribution in [-0.2, 0) is 19.2 Å². The van der Waals surface area contributed by atoms with Gasteiger partial charge in [-0.15, -0.1) is 0 Å². The molecule has 2 unspecified atom stereocenters. The third kappa shape index (κ3) is 8.11. The zero-order chi connectivity index (χ0) is 24.5. The summed E-state index contributed by atoms with van der Waals surface area (Å²) in [5.41, 5.74) is 2.47. The maximum absolute atomic E-state index is 13.0. The van der Waals surface area contributed by atoms with E-state index in [9.17, 15) is 4.39 Å².